The van der Waals surface area contributed by atoms with Crippen LogP contribution in [0.25, 0.3) is 5.69 Å². The second-order valence-electron chi connectivity index (χ2n) is 4.28. The lowest BCUT2D eigenvalue weighted by molar-refractivity contribution is 0.101. The van der Waals surface area contributed by atoms with E-state index < -0.39 is 28.5 Å². The van der Waals surface area contributed by atoms with Gasteiger partial charge in [-0.2, -0.15) is 0 Å². The van der Waals surface area contributed by atoms with E-state index in [9.17, 15) is 19.5 Å². The summed E-state index contributed by atoms with van der Waals surface area (Å²) in [7, 11) is 0. The van der Waals surface area contributed by atoms with E-state index in [0.717, 1.165) is 11.5 Å². The molecular formula is C14H14N2O5. The first-order valence-corrected chi connectivity index (χ1v) is 6.28. The van der Waals surface area contributed by atoms with Gasteiger partial charge in [0, 0.05) is 0 Å². The van der Waals surface area contributed by atoms with Crippen LogP contribution >= 0.6 is 0 Å². The number of hydrogen-bond acceptors (Lipinski definition) is 5. The number of benzene rings is 1. The lowest BCUT2D eigenvalue weighted by atomic mass is 10.2. The standard InChI is InChI=1S/C14H14N2O5/c1-3-21-10-6-4-9(5-7-10)16-13(19)11(8(2)17)12(18)15-14(16)20/h4-7,19H,3H2,1-2H3,(H,15,18,20). The average Bonchev–Trinajstić information content (AvgIpc) is 2.40. The Labute approximate surface area is 119 Å². The lowest BCUT2D eigenvalue weighted by Crippen LogP contribution is -2.32. The van der Waals surface area contributed by atoms with E-state index in [1.54, 1.807) is 12.1 Å². The number of aromatic hydroxyl groups is 1. The Hall–Kier alpha value is -2.83. The van der Waals surface area contributed by atoms with E-state index in [0.29, 0.717) is 18.0 Å². The Morgan fingerprint density at radius 1 is 1.29 bits per heavy atom. The largest absolute Gasteiger partial charge is 0.494 e. The molecule has 0 bridgehead atoms. The molecule has 0 aliphatic heterocycles. The van der Waals surface area contributed by atoms with Gasteiger partial charge in [-0.25, -0.2) is 9.36 Å². The molecule has 7 nitrogen and oxygen atoms in total. The van der Waals surface area contributed by atoms with Crippen molar-refractivity contribution >= 4 is 5.78 Å². The van der Waals surface area contributed by atoms with E-state index in [4.69, 9.17) is 4.74 Å². The average molecular weight is 290 g/mol. The Morgan fingerprint density at radius 3 is 2.43 bits per heavy atom. The zero-order valence-electron chi connectivity index (χ0n) is 11.5. The molecule has 0 spiro atoms. The van der Waals surface area contributed by atoms with Gasteiger partial charge in [0.25, 0.3) is 5.56 Å². The SMILES string of the molecule is CCOc1ccc(-n2c(O)c(C(C)=O)c(=O)[nH]c2=O)cc1. The summed E-state index contributed by atoms with van der Waals surface area (Å²) < 4.78 is 6.13. The smallest absolute Gasteiger partial charge is 0.335 e. The Balaban J connectivity index is 2.63. The van der Waals surface area contributed by atoms with Gasteiger partial charge in [-0.1, -0.05) is 0 Å². The van der Waals surface area contributed by atoms with Crippen LogP contribution in [0.1, 0.15) is 24.2 Å². The van der Waals surface area contributed by atoms with Crippen LogP contribution in [0.15, 0.2) is 33.9 Å². The summed E-state index contributed by atoms with van der Waals surface area (Å²) in [4.78, 5) is 36.8. The molecule has 2 N–H and O–H groups in total. The maximum atomic E-state index is 11.9. The number of carbonyl (C=O) groups excluding carboxylic acids is 1. The fourth-order valence-corrected chi connectivity index (χ4v) is 1.94. The van der Waals surface area contributed by atoms with Crippen molar-refractivity contribution < 1.29 is 14.6 Å². The summed E-state index contributed by atoms with van der Waals surface area (Å²) in [5, 5.41) is 10.0. The van der Waals surface area contributed by atoms with Gasteiger partial charge in [0.15, 0.2) is 5.78 Å². The number of H-pyrrole nitrogens is 1. The molecule has 2 aromatic rings. The zero-order chi connectivity index (χ0) is 15.6. The molecule has 0 atom stereocenters. The number of ketones is 1. The van der Waals surface area contributed by atoms with E-state index >= 15 is 0 Å². The molecule has 21 heavy (non-hydrogen) atoms. The quantitative estimate of drug-likeness (QED) is 0.812. The number of rotatable bonds is 4. The van der Waals surface area contributed by atoms with Crippen molar-refractivity contribution in [1.29, 1.82) is 0 Å². The first-order valence-electron chi connectivity index (χ1n) is 6.28. The van der Waals surface area contributed by atoms with Crippen molar-refractivity contribution in [2.75, 3.05) is 6.61 Å². The maximum Gasteiger partial charge on any atom is 0.335 e. The minimum absolute atomic E-state index is 0.305. The van der Waals surface area contributed by atoms with Crippen LogP contribution in [0.3, 0.4) is 0 Å². The first kappa shape index (κ1) is 14.6. The number of nitrogens with zero attached hydrogens (tertiary/aromatic N) is 1. The van der Waals surface area contributed by atoms with Gasteiger partial charge < -0.3 is 9.84 Å². The fourth-order valence-electron chi connectivity index (χ4n) is 1.94. The van der Waals surface area contributed by atoms with Crippen LogP contribution in [0.5, 0.6) is 11.6 Å². The van der Waals surface area contributed by atoms with E-state index in [-0.39, 0.29) is 0 Å². The predicted octanol–water partition coefficient (Wildman–Crippen LogP) is 0.833. The summed E-state index contributed by atoms with van der Waals surface area (Å²) in [6.45, 7) is 3.47. The van der Waals surface area contributed by atoms with Crippen molar-refractivity contribution in [3.05, 3.63) is 50.7 Å². The molecule has 0 radical (unpaired) electrons. The van der Waals surface area contributed by atoms with Gasteiger partial charge in [-0.05, 0) is 38.1 Å². The molecular weight excluding hydrogens is 276 g/mol. The topological polar surface area (TPSA) is 101 Å². The summed E-state index contributed by atoms with van der Waals surface area (Å²) >= 11 is 0. The second kappa shape index (κ2) is 5.66. The third-order valence-electron chi connectivity index (χ3n) is 2.84. The van der Waals surface area contributed by atoms with Crippen molar-refractivity contribution in [1.82, 2.24) is 9.55 Å². The molecule has 0 unspecified atom stereocenters. The molecule has 0 saturated carbocycles. The Bertz CT molecular complexity index is 786. The third-order valence-corrected chi connectivity index (χ3v) is 2.84. The number of ether oxygens (including phenoxy) is 1. The molecule has 0 saturated heterocycles. The Morgan fingerprint density at radius 2 is 1.90 bits per heavy atom. The summed E-state index contributed by atoms with van der Waals surface area (Å²) in [6, 6.07) is 6.30. The number of aromatic nitrogens is 2. The molecule has 110 valence electrons. The number of carbonyl (C=O) groups is 1. The van der Waals surface area contributed by atoms with Crippen molar-refractivity contribution in [2.45, 2.75) is 13.8 Å². The number of Topliss-reactive ketones (excluding diaryl/α,β-unsaturated/α-hetero) is 1. The highest BCUT2D eigenvalue weighted by Gasteiger charge is 2.18. The van der Waals surface area contributed by atoms with Gasteiger partial charge in [-0.3, -0.25) is 14.6 Å². The van der Waals surface area contributed by atoms with Crippen molar-refractivity contribution in [3.63, 3.8) is 0 Å². The predicted molar refractivity (Wildman–Crippen MR) is 75.5 cm³/mol. The summed E-state index contributed by atoms with van der Waals surface area (Å²) in [5.74, 6) is -0.709. The van der Waals surface area contributed by atoms with Gasteiger partial charge in [-0.15, -0.1) is 0 Å². The van der Waals surface area contributed by atoms with Crippen LogP contribution < -0.4 is 16.0 Å². The minimum Gasteiger partial charge on any atom is -0.494 e. The van der Waals surface area contributed by atoms with Crippen molar-refractivity contribution in [2.24, 2.45) is 0 Å². The van der Waals surface area contributed by atoms with Crippen LogP contribution in [0.4, 0.5) is 0 Å². The number of aromatic amines is 1. The van der Waals surface area contributed by atoms with Gasteiger partial charge in [0.05, 0.1) is 12.3 Å². The van der Waals surface area contributed by atoms with E-state index in [1.807, 2.05) is 11.9 Å². The molecule has 0 aliphatic rings. The zero-order valence-corrected chi connectivity index (χ0v) is 11.5. The highest BCUT2D eigenvalue weighted by molar-refractivity contribution is 5.95. The monoisotopic (exact) mass is 290 g/mol. The number of nitrogens with one attached hydrogen (secondary N) is 1. The molecule has 7 heteroatoms. The summed E-state index contributed by atoms with van der Waals surface area (Å²) in [5.41, 5.74) is -1.89. The van der Waals surface area contributed by atoms with E-state index in [1.165, 1.54) is 12.1 Å². The highest BCUT2D eigenvalue weighted by Crippen LogP contribution is 2.19. The molecule has 0 amide bonds. The minimum atomic E-state index is -0.910. The van der Waals surface area contributed by atoms with Crippen molar-refractivity contribution in [3.8, 4) is 17.3 Å². The Kier molecular flexibility index (Phi) is 3.93. The normalized spacial score (nSPS) is 10.4. The molecule has 1 heterocycles. The molecule has 1 aromatic carbocycles. The van der Waals surface area contributed by atoms with Crippen LogP contribution in [-0.4, -0.2) is 27.0 Å². The van der Waals surface area contributed by atoms with Gasteiger partial charge in [0.1, 0.15) is 11.3 Å². The maximum absolute atomic E-state index is 11.9. The molecule has 1 aromatic heterocycles. The fraction of sp³-hybridized carbons (Fsp3) is 0.214. The first-order chi connectivity index (χ1) is 9.95. The number of hydrogen-bond donors (Lipinski definition) is 2. The van der Waals surface area contributed by atoms with Gasteiger partial charge >= 0.3 is 5.69 Å². The van der Waals surface area contributed by atoms with Crippen LogP contribution in [0, 0.1) is 0 Å². The third kappa shape index (κ3) is 2.71. The molecule has 0 aliphatic carbocycles. The van der Waals surface area contributed by atoms with E-state index in [2.05, 4.69) is 0 Å². The van der Waals surface area contributed by atoms with Crippen LogP contribution in [0.2, 0.25) is 0 Å². The second-order valence-corrected chi connectivity index (χ2v) is 4.28. The lowest BCUT2D eigenvalue weighted by Gasteiger charge is -2.10. The van der Waals surface area contributed by atoms with Crippen LogP contribution in [-0.2, 0) is 0 Å². The molecule has 2 rings (SSSR count). The highest BCUT2D eigenvalue weighted by atomic mass is 16.5. The van der Waals surface area contributed by atoms with Gasteiger partial charge in [0.2, 0.25) is 5.88 Å². The summed E-state index contributed by atoms with van der Waals surface area (Å²) in [6.07, 6.45) is 0. The molecule has 0 fully saturated rings.